The lowest BCUT2D eigenvalue weighted by atomic mass is 9.92. The fraction of sp³-hybridized carbons (Fsp3) is 0.643. The number of hydrogen-bond donors (Lipinski definition) is 0. The molecule has 2 aromatic rings. The third kappa shape index (κ3) is 4.49. The monoisotopic (exact) mass is 464 g/mol. The summed E-state index contributed by atoms with van der Waals surface area (Å²) < 4.78 is 2.22. The van der Waals surface area contributed by atoms with Gasteiger partial charge in [0.2, 0.25) is 5.91 Å². The van der Waals surface area contributed by atoms with Gasteiger partial charge in [-0.05, 0) is 55.4 Å². The number of aromatic nitrogens is 1. The molecule has 0 spiro atoms. The Hall–Kier alpha value is -2.34. The molecule has 1 aliphatic carbocycles. The van der Waals surface area contributed by atoms with Crippen LogP contribution in [0.1, 0.15) is 73.5 Å². The van der Waals surface area contributed by atoms with Crippen LogP contribution < -0.4 is 0 Å². The minimum atomic E-state index is 0.108. The second-order valence-electron chi connectivity index (χ2n) is 11.0. The minimum Gasteiger partial charge on any atom is -0.347 e. The predicted octanol–water partition coefficient (Wildman–Crippen LogP) is 4.29. The molecule has 2 fully saturated rings. The third-order valence-corrected chi connectivity index (χ3v) is 8.48. The lowest BCUT2D eigenvalue weighted by molar-refractivity contribution is -0.129. The van der Waals surface area contributed by atoms with Crippen LogP contribution in [0.2, 0.25) is 0 Å². The van der Waals surface area contributed by atoms with E-state index in [4.69, 9.17) is 0 Å². The van der Waals surface area contributed by atoms with Gasteiger partial charge in [0.15, 0.2) is 0 Å². The van der Waals surface area contributed by atoms with E-state index in [9.17, 15) is 9.59 Å². The van der Waals surface area contributed by atoms with Gasteiger partial charge in [-0.3, -0.25) is 14.5 Å². The average molecular weight is 465 g/mol. The molecule has 3 heterocycles. The fourth-order valence-corrected chi connectivity index (χ4v) is 6.21. The number of carbonyl (C=O) groups excluding carboxylic acids is 2. The van der Waals surface area contributed by atoms with Crippen LogP contribution in [0.5, 0.6) is 0 Å². The number of likely N-dealkylation sites (N-methyl/N-ethyl adjacent to an activating group) is 1. The molecule has 0 unspecified atom stereocenters. The van der Waals surface area contributed by atoms with E-state index in [1.54, 1.807) is 4.90 Å². The van der Waals surface area contributed by atoms with Gasteiger partial charge in [-0.15, -0.1) is 0 Å². The Morgan fingerprint density at radius 2 is 1.74 bits per heavy atom. The number of rotatable bonds is 4. The molecule has 184 valence electrons. The first-order valence-corrected chi connectivity index (χ1v) is 13.3. The van der Waals surface area contributed by atoms with Gasteiger partial charge in [0.1, 0.15) is 6.54 Å². The molecule has 0 N–H and O–H groups in total. The van der Waals surface area contributed by atoms with E-state index in [0.29, 0.717) is 18.5 Å². The highest BCUT2D eigenvalue weighted by molar-refractivity contribution is 5.99. The van der Waals surface area contributed by atoms with Crippen LogP contribution in [0.25, 0.3) is 10.9 Å². The molecule has 1 saturated carbocycles. The van der Waals surface area contributed by atoms with E-state index >= 15 is 0 Å². The Morgan fingerprint density at radius 1 is 1.00 bits per heavy atom. The van der Waals surface area contributed by atoms with Crippen LogP contribution in [0.15, 0.2) is 18.2 Å². The van der Waals surface area contributed by atoms with Gasteiger partial charge < -0.3 is 14.4 Å². The minimum absolute atomic E-state index is 0.108. The molecule has 1 aromatic heterocycles. The molecule has 2 aliphatic heterocycles. The van der Waals surface area contributed by atoms with Crippen molar-refractivity contribution in [3.63, 3.8) is 0 Å². The summed E-state index contributed by atoms with van der Waals surface area (Å²) in [5, 5.41) is 1.17. The molecular formula is C28H40N4O2. The number of likely N-dealkylation sites (tertiary alicyclic amines) is 1. The summed E-state index contributed by atoms with van der Waals surface area (Å²) in [7, 11) is 3.64. The molecule has 34 heavy (non-hydrogen) atoms. The van der Waals surface area contributed by atoms with Crippen molar-refractivity contribution >= 4 is 22.7 Å². The molecule has 5 rings (SSSR count). The van der Waals surface area contributed by atoms with Gasteiger partial charge in [0, 0.05) is 74.9 Å². The van der Waals surface area contributed by atoms with Crippen LogP contribution in [0.4, 0.5) is 0 Å². The van der Waals surface area contributed by atoms with Gasteiger partial charge in [0.25, 0.3) is 5.91 Å². The highest BCUT2D eigenvalue weighted by Gasteiger charge is 2.30. The van der Waals surface area contributed by atoms with E-state index < -0.39 is 0 Å². The van der Waals surface area contributed by atoms with Crippen LogP contribution in [-0.2, 0) is 24.3 Å². The van der Waals surface area contributed by atoms with Gasteiger partial charge in [-0.1, -0.05) is 26.2 Å². The Balaban J connectivity index is 1.50. The zero-order valence-corrected chi connectivity index (χ0v) is 21.2. The maximum atomic E-state index is 13.4. The van der Waals surface area contributed by atoms with Gasteiger partial charge >= 0.3 is 0 Å². The Labute approximate surface area is 203 Å². The van der Waals surface area contributed by atoms with Crippen molar-refractivity contribution < 1.29 is 9.59 Å². The molecular weight excluding hydrogens is 424 g/mol. The molecule has 0 atom stereocenters. The molecule has 0 bridgehead atoms. The molecule has 6 heteroatoms. The number of benzene rings is 1. The van der Waals surface area contributed by atoms with E-state index in [2.05, 4.69) is 28.5 Å². The normalized spacial score (nSPS) is 20.5. The van der Waals surface area contributed by atoms with Crippen molar-refractivity contribution in [3.05, 3.63) is 35.0 Å². The molecule has 1 aromatic carbocycles. The van der Waals surface area contributed by atoms with E-state index in [1.165, 1.54) is 48.7 Å². The fourth-order valence-electron chi connectivity index (χ4n) is 6.21. The largest absolute Gasteiger partial charge is 0.347 e. The van der Waals surface area contributed by atoms with E-state index in [1.807, 2.05) is 25.1 Å². The van der Waals surface area contributed by atoms with Gasteiger partial charge in [-0.2, -0.15) is 0 Å². The van der Waals surface area contributed by atoms with Crippen LogP contribution >= 0.6 is 0 Å². The van der Waals surface area contributed by atoms with Crippen LogP contribution in [0, 0.1) is 5.92 Å². The summed E-state index contributed by atoms with van der Waals surface area (Å²) in [5.74, 6) is 0.962. The van der Waals surface area contributed by atoms with Crippen molar-refractivity contribution in [2.45, 2.75) is 77.4 Å². The Morgan fingerprint density at radius 3 is 2.44 bits per heavy atom. The van der Waals surface area contributed by atoms with Crippen LogP contribution in [-0.4, -0.2) is 70.9 Å². The number of nitrogens with zero attached hydrogens (tertiary/aromatic N) is 4. The second kappa shape index (κ2) is 9.73. The van der Waals surface area contributed by atoms with Gasteiger partial charge in [-0.25, -0.2) is 0 Å². The molecule has 2 amide bonds. The first-order valence-electron chi connectivity index (χ1n) is 13.3. The Kier molecular flexibility index (Phi) is 6.70. The number of piperidine rings is 1. The summed E-state index contributed by atoms with van der Waals surface area (Å²) in [6.07, 6.45) is 9.76. The van der Waals surface area contributed by atoms with E-state index in [-0.39, 0.29) is 11.8 Å². The molecule has 0 radical (unpaired) electrons. The smallest absolute Gasteiger partial charge is 0.253 e. The van der Waals surface area contributed by atoms with Crippen molar-refractivity contribution in [1.29, 1.82) is 0 Å². The third-order valence-electron chi connectivity index (χ3n) is 8.48. The second-order valence-corrected chi connectivity index (χ2v) is 11.0. The van der Waals surface area contributed by atoms with E-state index in [0.717, 1.165) is 56.5 Å². The SMILES string of the molecule is CC1CCN(C(=O)c2ccc3c(c2)c2c(n3CC(=O)N(C)C)CCN(C3CCCCC3)C2)CC1. The first kappa shape index (κ1) is 23.4. The van der Waals surface area contributed by atoms with Crippen molar-refractivity contribution in [2.75, 3.05) is 33.7 Å². The predicted molar refractivity (Wildman–Crippen MR) is 136 cm³/mol. The quantitative estimate of drug-likeness (QED) is 0.678. The summed E-state index contributed by atoms with van der Waals surface area (Å²) in [5.41, 5.74) is 4.50. The summed E-state index contributed by atoms with van der Waals surface area (Å²) >= 11 is 0. The lowest BCUT2D eigenvalue weighted by Gasteiger charge is -2.37. The average Bonchev–Trinajstić information content (AvgIpc) is 3.16. The topological polar surface area (TPSA) is 48.8 Å². The molecule has 1 saturated heterocycles. The highest BCUT2D eigenvalue weighted by Crippen LogP contribution is 2.35. The number of hydrogen-bond acceptors (Lipinski definition) is 3. The van der Waals surface area contributed by atoms with Crippen molar-refractivity contribution in [2.24, 2.45) is 5.92 Å². The highest BCUT2D eigenvalue weighted by atomic mass is 16.2. The van der Waals surface area contributed by atoms with Gasteiger partial charge in [0.05, 0.1) is 0 Å². The maximum absolute atomic E-state index is 13.4. The number of amides is 2. The van der Waals surface area contributed by atoms with Crippen molar-refractivity contribution in [3.8, 4) is 0 Å². The Bertz CT molecular complexity index is 1060. The van der Waals surface area contributed by atoms with Crippen LogP contribution in [0.3, 0.4) is 0 Å². The number of carbonyl (C=O) groups is 2. The number of fused-ring (bicyclic) bond motifs is 3. The zero-order chi connectivity index (χ0) is 23.8. The summed E-state index contributed by atoms with van der Waals surface area (Å²) in [6.45, 7) is 6.32. The van der Waals surface area contributed by atoms with Crippen molar-refractivity contribution in [1.82, 2.24) is 19.3 Å². The first-order chi connectivity index (χ1) is 16.4. The zero-order valence-electron chi connectivity index (χ0n) is 21.2. The molecule has 3 aliphatic rings. The standard InChI is InChI=1S/C28H40N4O2/c1-20-11-14-30(15-12-20)28(34)21-9-10-25-23(17-21)24-18-31(22-7-5-4-6-8-22)16-13-26(24)32(25)19-27(33)29(2)3/h9-10,17,20,22H,4-8,11-16,18-19H2,1-3H3. The maximum Gasteiger partial charge on any atom is 0.253 e. The summed E-state index contributed by atoms with van der Waals surface area (Å²) in [6, 6.07) is 6.85. The summed E-state index contributed by atoms with van der Waals surface area (Å²) in [4.78, 5) is 32.4. The lowest BCUT2D eigenvalue weighted by Crippen LogP contribution is -2.40. The molecule has 6 nitrogen and oxygen atoms in total.